The van der Waals surface area contributed by atoms with Crippen molar-refractivity contribution in [2.24, 2.45) is 10.7 Å². The lowest BCUT2D eigenvalue weighted by Gasteiger charge is -1.96. The number of hydrogen-bond acceptors (Lipinski definition) is 3. The maximum Gasteiger partial charge on any atom is 0.208 e. The van der Waals surface area contributed by atoms with Gasteiger partial charge in [-0.2, -0.15) is 0 Å². The van der Waals surface area contributed by atoms with E-state index in [1.807, 2.05) is 25.2 Å². The summed E-state index contributed by atoms with van der Waals surface area (Å²) in [6.45, 7) is 5.27. The molecule has 0 saturated carbocycles. The third kappa shape index (κ3) is 5.68. The first-order valence-electron chi connectivity index (χ1n) is 3.83. The van der Waals surface area contributed by atoms with Gasteiger partial charge in [-0.3, -0.25) is 0 Å². The van der Waals surface area contributed by atoms with Crippen LogP contribution in [0.3, 0.4) is 0 Å². The van der Waals surface area contributed by atoms with Crippen LogP contribution < -0.4 is 5.73 Å². The van der Waals surface area contributed by atoms with Gasteiger partial charge in [-0.15, -0.1) is 0 Å². The third-order valence-corrected chi connectivity index (χ3v) is 1.23. The second-order valence-electron chi connectivity index (χ2n) is 2.43. The standard InChI is InChI=1S/C9H16N2O/c1-8(10)6-4-5-7-9(11-2)12-3/h4,6-8H,2,5,10H2,1,3H3. The van der Waals surface area contributed by atoms with Crippen molar-refractivity contribution in [3.63, 3.8) is 0 Å². The van der Waals surface area contributed by atoms with Crippen LogP contribution in [0.5, 0.6) is 0 Å². The van der Waals surface area contributed by atoms with Crippen LogP contribution in [0.25, 0.3) is 0 Å². The van der Waals surface area contributed by atoms with E-state index < -0.39 is 0 Å². The summed E-state index contributed by atoms with van der Waals surface area (Å²) in [6, 6.07) is 0.0982. The molecule has 0 aliphatic carbocycles. The van der Waals surface area contributed by atoms with Gasteiger partial charge in [0.25, 0.3) is 0 Å². The van der Waals surface area contributed by atoms with Crippen molar-refractivity contribution >= 4 is 6.72 Å². The Balaban J connectivity index is 3.79. The lowest BCUT2D eigenvalue weighted by molar-refractivity contribution is 0.288. The summed E-state index contributed by atoms with van der Waals surface area (Å²) in [6.07, 6.45) is 6.50. The predicted molar refractivity (Wildman–Crippen MR) is 52.0 cm³/mol. The minimum Gasteiger partial charge on any atom is -0.481 e. The number of ether oxygens (including phenoxy) is 1. The van der Waals surface area contributed by atoms with Gasteiger partial charge < -0.3 is 10.5 Å². The largest absolute Gasteiger partial charge is 0.481 e. The molecule has 12 heavy (non-hydrogen) atoms. The Kier molecular flexibility index (Phi) is 6.01. The summed E-state index contributed by atoms with van der Waals surface area (Å²) < 4.78 is 4.87. The van der Waals surface area contributed by atoms with E-state index in [4.69, 9.17) is 10.5 Å². The SMILES string of the molecule is C=NC(=CCC=CC(C)N)OC. The summed E-state index contributed by atoms with van der Waals surface area (Å²) >= 11 is 0. The summed E-state index contributed by atoms with van der Waals surface area (Å²) in [4.78, 5) is 3.65. The minimum atomic E-state index is 0.0982. The van der Waals surface area contributed by atoms with Gasteiger partial charge in [0.1, 0.15) is 0 Å². The predicted octanol–water partition coefficient (Wildman–Crippen LogP) is 1.47. The molecule has 1 unspecified atom stereocenters. The Morgan fingerprint density at radius 2 is 2.42 bits per heavy atom. The van der Waals surface area contributed by atoms with Gasteiger partial charge >= 0.3 is 0 Å². The first-order chi connectivity index (χ1) is 5.70. The van der Waals surface area contributed by atoms with E-state index in [0.717, 1.165) is 6.42 Å². The van der Waals surface area contributed by atoms with Crippen molar-refractivity contribution in [2.75, 3.05) is 7.11 Å². The fraction of sp³-hybridized carbons (Fsp3) is 0.444. The average Bonchev–Trinajstić information content (AvgIpc) is 2.04. The van der Waals surface area contributed by atoms with Crippen molar-refractivity contribution in [3.05, 3.63) is 24.1 Å². The molecule has 3 heteroatoms. The molecular weight excluding hydrogens is 152 g/mol. The Morgan fingerprint density at radius 1 is 1.75 bits per heavy atom. The molecule has 0 aromatic carbocycles. The van der Waals surface area contributed by atoms with Crippen molar-refractivity contribution in [1.82, 2.24) is 0 Å². The lowest BCUT2D eigenvalue weighted by Crippen LogP contribution is -2.09. The van der Waals surface area contributed by atoms with E-state index in [0.29, 0.717) is 5.88 Å². The van der Waals surface area contributed by atoms with Gasteiger partial charge in [0.2, 0.25) is 5.88 Å². The van der Waals surface area contributed by atoms with Crippen molar-refractivity contribution < 1.29 is 4.74 Å². The quantitative estimate of drug-likeness (QED) is 0.384. The van der Waals surface area contributed by atoms with Crippen molar-refractivity contribution in [2.45, 2.75) is 19.4 Å². The summed E-state index contributed by atoms with van der Waals surface area (Å²) in [7, 11) is 1.57. The molecular formula is C9H16N2O. The molecule has 0 spiro atoms. The highest BCUT2D eigenvalue weighted by molar-refractivity contribution is 5.27. The molecule has 0 saturated heterocycles. The normalized spacial score (nSPS) is 14.8. The molecule has 0 aromatic heterocycles. The second-order valence-corrected chi connectivity index (χ2v) is 2.43. The monoisotopic (exact) mass is 168 g/mol. The highest BCUT2D eigenvalue weighted by atomic mass is 16.5. The first kappa shape index (κ1) is 10.9. The Labute approximate surface area is 73.6 Å². The number of allylic oxidation sites excluding steroid dienone is 2. The Morgan fingerprint density at radius 3 is 2.83 bits per heavy atom. The molecule has 0 amide bonds. The summed E-state index contributed by atoms with van der Waals surface area (Å²) in [5.74, 6) is 0.546. The first-order valence-corrected chi connectivity index (χ1v) is 3.83. The van der Waals surface area contributed by atoms with E-state index in [1.165, 1.54) is 0 Å². The highest BCUT2D eigenvalue weighted by Gasteiger charge is 1.86. The maximum absolute atomic E-state index is 5.50. The maximum atomic E-state index is 5.50. The number of aliphatic imine (C=N–C) groups is 1. The second kappa shape index (κ2) is 6.61. The van der Waals surface area contributed by atoms with Gasteiger partial charge in [-0.25, -0.2) is 4.99 Å². The molecule has 0 aromatic rings. The number of hydrogen-bond donors (Lipinski definition) is 1. The topological polar surface area (TPSA) is 47.6 Å². The van der Waals surface area contributed by atoms with Crippen LogP contribution in [0.1, 0.15) is 13.3 Å². The molecule has 0 aliphatic heterocycles. The van der Waals surface area contributed by atoms with Crippen LogP contribution in [-0.2, 0) is 4.74 Å². The van der Waals surface area contributed by atoms with Crippen LogP contribution in [0.2, 0.25) is 0 Å². The third-order valence-electron chi connectivity index (χ3n) is 1.23. The van der Waals surface area contributed by atoms with Crippen molar-refractivity contribution in [3.8, 4) is 0 Å². The van der Waals surface area contributed by atoms with Crippen molar-refractivity contribution in [1.29, 1.82) is 0 Å². The number of methoxy groups -OCH3 is 1. The van der Waals surface area contributed by atoms with Crippen LogP contribution in [0.15, 0.2) is 29.1 Å². The molecule has 1 atom stereocenters. The summed E-state index contributed by atoms with van der Waals surface area (Å²) in [5, 5.41) is 0. The van der Waals surface area contributed by atoms with E-state index >= 15 is 0 Å². The van der Waals surface area contributed by atoms with Crippen LogP contribution in [0.4, 0.5) is 0 Å². The molecule has 0 rings (SSSR count). The van der Waals surface area contributed by atoms with Gasteiger partial charge in [-0.05, 0) is 26.1 Å². The highest BCUT2D eigenvalue weighted by Crippen LogP contribution is 1.98. The fourth-order valence-electron chi connectivity index (χ4n) is 0.675. The average molecular weight is 168 g/mol. The van der Waals surface area contributed by atoms with E-state index in [2.05, 4.69) is 11.7 Å². The van der Waals surface area contributed by atoms with E-state index in [9.17, 15) is 0 Å². The zero-order valence-electron chi connectivity index (χ0n) is 7.66. The van der Waals surface area contributed by atoms with Gasteiger partial charge in [0.05, 0.1) is 7.11 Å². The summed E-state index contributed by atoms with van der Waals surface area (Å²) in [5.41, 5.74) is 5.50. The Bertz CT molecular complexity index is 183. The molecule has 0 radical (unpaired) electrons. The van der Waals surface area contributed by atoms with Crippen LogP contribution in [-0.4, -0.2) is 19.9 Å². The molecule has 0 bridgehead atoms. The smallest absolute Gasteiger partial charge is 0.208 e. The van der Waals surface area contributed by atoms with Gasteiger partial charge in [0, 0.05) is 6.04 Å². The van der Waals surface area contributed by atoms with E-state index in [-0.39, 0.29) is 6.04 Å². The Hall–Kier alpha value is -1.09. The van der Waals surface area contributed by atoms with Crippen LogP contribution in [0, 0.1) is 0 Å². The zero-order chi connectivity index (χ0) is 9.40. The molecule has 0 aliphatic rings. The number of nitrogens with two attached hydrogens (primary N) is 1. The van der Waals surface area contributed by atoms with E-state index in [1.54, 1.807) is 7.11 Å². The lowest BCUT2D eigenvalue weighted by atomic mass is 10.3. The fourth-order valence-corrected chi connectivity index (χ4v) is 0.675. The van der Waals surface area contributed by atoms with Crippen LogP contribution >= 0.6 is 0 Å². The molecule has 68 valence electrons. The zero-order valence-corrected chi connectivity index (χ0v) is 7.66. The molecule has 0 heterocycles. The van der Waals surface area contributed by atoms with Gasteiger partial charge in [-0.1, -0.05) is 12.2 Å². The number of nitrogens with zero attached hydrogens (tertiary/aromatic N) is 1. The van der Waals surface area contributed by atoms with Gasteiger partial charge in [0.15, 0.2) is 0 Å². The number of rotatable bonds is 5. The molecule has 2 N–H and O–H groups in total. The minimum absolute atomic E-state index is 0.0982. The molecule has 0 fully saturated rings. The molecule has 3 nitrogen and oxygen atoms in total.